The Hall–Kier alpha value is -1.40. The Labute approximate surface area is 113 Å². The third-order valence-electron chi connectivity index (χ3n) is 3.83. The molecule has 104 valence electrons. The third kappa shape index (κ3) is 2.50. The number of rotatable bonds is 2. The fourth-order valence-electron chi connectivity index (χ4n) is 2.57. The maximum Gasteiger partial charge on any atom is 0.227 e. The number of anilines is 2. The standard InChI is InChI=1S/C13H21N5O/c1-14-12-10-9-19-8-3-11(10)15-13(16-12)18-6-4-17(2)5-7-18/h3-9H2,1-2H3,(H,14,15,16). The molecule has 0 bridgehead atoms. The molecule has 0 aromatic carbocycles. The first kappa shape index (κ1) is 12.6. The van der Waals surface area contributed by atoms with Gasteiger partial charge in [-0.05, 0) is 7.05 Å². The second-order valence-electron chi connectivity index (χ2n) is 5.14. The van der Waals surface area contributed by atoms with Crippen molar-refractivity contribution in [2.75, 3.05) is 57.1 Å². The Balaban J connectivity index is 1.89. The van der Waals surface area contributed by atoms with Gasteiger partial charge in [0.15, 0.2) is 0 Å². The lowest BCUT2D eigenvalue weighted by atomic mass is 10.1. The van der Waals surface area contributed by atoms with Crippen LogP contribution in [0.25, 0.3) is 0 Å². The molecule has 2 aliphatic heterocycles. The first-order valence-corrected chi connectivity index (χ1v) is 6.86. The molecule has 1 saturated heterocycles. The lowest BCUT2D eigenvalue weighted by Crippen LogP contribution is -2.45. The summed E-state index contributed by atoms with van der Waals surface area (Å²) >= 11 is 0. The van der Waals surface area contributed by atoms with Gasteiger partial charge in [0.1, 0.15) is 5.82 Å². The van der Waals surface area contributed by atoms with Crippen LogP contribution in [0.1, 0.15) is 11.3 Å². The molecular formula is C13H21N5O. The number of hydrogen-bond donors (Lipinski definition) is 1. The minimum Gasteiger partial charge on any atom is -0.376 e. The van der Waals surface area contributed by atoms with Crippen molar-refractivity contribution in [2.45, 2.75) is 13.0 Å². The molecule has 2 aliphatic rings. The predicted octanol–water partition coefficient (Wildman–Crippen LogP) is 0.343. The van der Waals surface area contributed by atoms with E-state index in [0.717, 1.165) is 62.2 Å². The Morgan fingerprint density at radius 2 is 1.95 bits per heavy atom. The first-order chi connectivity index (χ1) is 9.28. The average Bonchev–Trinajstić information content (AvgIpc) is 2.47. The van der Waals surface area contributed by atoms with Crippen LogP contribution in [0.3, 0.4) is 0 Å². The van der Waals surface area contributed by atoms with E-state index in [2.05, 4.69) is 27.1 Å². The summed E-state index contributed by atoms with van der Waals surface area (Å²) in [5, 5.41) is 3.18. The van der Waals surface area contributed by atoms with E-state index < -0.39 is 0 Å². The molecule has 1 aromatic rings. The number of piperazine rings is 1. The summed E-state index contributed by atoms with van der Waals surface area (Å²) < 4.78 is 5.50. The maximum absolute atomic E-state index is 5.50. The van der Waals surface area contributed by atoms with Gasteiger partial charge in [0.25, 0.3) is 0 Å². The normalized spacial score (nSPS) is 20.2. The molecule has 0 amide bonds. The monoisotopic (exact) mass is 263 g/mol. The molecule has 19 heavy (non-hydrogen) atoms. The molecule has 3 rings (SSSR count). The molecule has 0 aliphatic carbocycles. The quantitative estimate of drug-likeness (QED) is 0.830. The SMILES string of the molecule is CNc1nc(N2CCN(C)CC2)nc2c1COCC2. The zero-order valence-electron chi connectivity index (χ0n) is 11.6. The van der Waals surface area contributed by atoms with E-state index in [9.17, 15) is 0 Å². The molecule has 1 N–H and O–H groups in total. The molecule has 0 saturated carbocycles. The lowest BCUT2D eigenvalue weighted by molar-refractivity contribution is 0.109. The summed E-state index contributed by atoms with van der Waals surface area (Å²) in [7, 11) is 4.06. The van der Waals surface area contributed by atoms with Gasteiger partial charge in [-0.3, -0.25) is 0 Å². The molecule has 6 heteroatoms. The topological polar surface area (TPSA) is 53.5 Å². The predicted molar refractivity (Wildman–Crippen MR) is 74.6 cm³/mol. The molecule has 0 unspecified atom stereocenters. The van der Waals surface area contributed by atoms with Crippen LogP contribution in [-0.4, -0.2) is 61.7 Å². The van der Waals surface area contributed by atoms with Crippen molar-refractivity contribution >= 4 is 11.8 Å². The second kappa shape index (κ2) is 5.30. The summed E-state index contributed by atoms with van der Waals surface area (Å²) in [4.78, 5) is 14.0. The number of likely N-dealkylation sites (N-methyl/N-ethyl adjacent to an activating group) is 1. The van der Waals surface area contributed by atoms with Crippen molar-refractivity contribution in [3.8, 4) is 0 Å². The van der Waals surface area contributed by atoms with Crippen molar-refractivity contribution in [3.05, 3.63) is 11.3 Å². The second-order valence-corrected chi connectivity index (χ2v) is 5.14. The number of nitrogens with zero attached hydrogens (tertiary/aromatic N) is 4. The van der Waals surface area contributed by atoms with Crippen LogP contribution < -0.4 is 10.2 Å². The van der Waals surface area contributed by atoms with E-state index in [1.807, 2.05) is 7.05 Å². The van der Waals surface area contributed by atoms with Crippen LogP contribution >= 0.6 is 0 Å². The van der Waals surface area contributed by atoms with Crippen LogP contribution in [0.15, 0.2) is 0 Å². The van der Waals surface area contributed by atoms with Crippen LogP contribution in [0, 0.1) is 0 Å². The summed E-state index contributed by atoms with van der Waals surface area (Å²) in [6, 6.07) is 0. The maximum atomic E-state index is 5.50. The van der Waals surface area contributed by atoms with Gasteiger partial charge < -0.3 is 19.9 Å². The van der Waals surface area contributed by atoms with Crippen molar-refractivity contribution in [1.82, 2.24) is 14.9 Å². The highest BCUT2D eigenvalue weighted by molar-refractivity contribution is 5.51. The molecule has 1 aromatic heterocycles. The fraction of sp³-hybridized carbons (Fsp3) is 0.692. The Morgan fingerprint density at radius 1 is 1.16 bits per heavy atom. The van der Waals surface area contributed by atoms with Crippen molar-refractivity contribution in [3.63, 3.8) is 0 Å². The number of hydrogen-bond acceptors (Lipinski definition) is 6. The molecule has 0 radical (unpaired) electrons. The molecule has 6 nitrogen and oxygen atoms in total. The van der Waals surface area contributed by atoms with Gasteiger partial charge in [-0.1, -0.05) is 0 Å². The van der Waals surface area contributed by atoms with Crippen LogP contribution in [-0.2, 0) is 17.8 Å². The van der Waals surface area contributed by atoms with E-state index in [1.165, 1.54) is 0 Å². The molecule has 1 fully saturated rings. The van der Waals surface area contributed by atoms with Gasteiger partial charge >= 0.3 is 0 Å². The number of aromatic nitrogens is 2. The van der Waals surface area contributed by atoms with E-state index in [0.29, 0.717) is 6.61 Å². The zero-order valence-corrected chi connectivity index (χ0v) is 11.6. The summed E-state index contributed by atoms with van der Waals surface area (Å²) in [5.74, 6) is 1.77. The Kier molecular flexibility index (Phi) is 3.52. The van der Waals surface area contributed by atoms with E-state index in [1.54, 1.807) is 0 Å². The van der Waals surface area contributed by atoms with Gasteiger partial charge in [-0.15, -0.1) is 0 Å². The average molecular weight is 263 g/mol. The fourth-order valence-corrected chi connectivity index (χ4v) is 2.57. The van der Waals surface area contributed by atoms with E-state index in [4.69, 9.17) is 9.72 Å². The number of nitrogens with one attached hydrogen (secondary N) is 1. The van der Waals surface area contributed by atoms with Gasteiger partial charge in [-0.2, -0.15) is 4.98 Å². The van der Waals surface area contributed by atoms with Gasteiger partial charge in [0.05, 0.1) is 18.9 Å². The molecule has 0 spiro atoms. The molecule has 3 heterocycles. The molecular weight excluding hydrogens is 242 g/mol. The largest absolute Gasteiger partial charge is 0.376 e. The Bertz CT molecular complexity index is 439. The summed E-state index contributed by atoms with van der Waals surface area (Å²) in [6.07, 6.45) is 0.882. The molecule has 0 atom stereocenters. The Morgan fingerprint density at radius 3 is 2.68 bits per heavy atom. The summed E-state index contributed by atoms with van der Waals surface area (Å²) in [5.41, 5.74) is 2.26. The first-order valence-electron chi connectivity index (χ1n) is 6.86. The lowest BCUT2D eigenvalue weighted by Gasteiger charge is -2.33. The smallest absolute Gasteiger partial charge is 0.227 e. The van der Waals surface area contributed by atoms with E-state index in [-0.39, 0.29) is 0 Å². The van der Waals surface area contributed by atoms with Crippen molar-refractivity contribution in [1.29, 1.82) is 0 Å². The minimum absolute atomic E-state index is 0.620. The van der Waals surface area contributed by atoms with Gasteiger partial charge in [0, 0.05) is 45.2 Å². The van der Waals surface area contributed by atoms with Crippen molar-refractivity contribution in [2.24, 2.45) is 0 Å². The van der Waals surface area contributed by atoms with Gasteiger partial charge in [0.2, 0.25) is 5.95 Å². The van der Waals surface area contributed by atoms with Crippen LogP contribution in [0.5, 0.6) is 0 Å². The minimum atomic E-state index is 0.620. The zero-order chi connectivity index (χ0) is 13.2. The number of fused-ring (bicyclic) bond motifs is 1. The highest BCUT2D eigenvalue weighted by Gasteiger charge is 2.22. The number of ether oxygens (including phenoxy) is 1. The van der Waals surface area contributed by atoms with Crippen molar-refractivity contribution < 1.29 is 4.74 Å². The van der Waals surface area contributed by atoms with Gasteiger partial charge in [-0.25, -0.2) is 4.98 Å². The highest BCUT2D eigenvalue weighted by Crippen LogP contribution is 2.25. The summed E-state index contributed by atoms with van der Waals surface area (Å²) in [6.45, 7) is 5.50. The van der Waals surface area contributed by atoms with Crippen LogP contribution in [0.4, 0.5) is 11.8 Å². The third-order valence-corrected chi connectivity index (χ3v) is 3.83. The van der Waals surface area contributed by atoms with Crippen LogP contribution in [0.2, 0.25) is 0 Å². The van der Waals surface area contributed by atoms with E-state index >= 15 is 0 Å². The highest BCUT2D eigenvalue weighted by atomic mass is 16.5.